The molecule has 3 aromatic rings. The number of nitro groups is 1. The molecule has 13 heteroatoms. The van der Waals surface area contributed by atoms with Gasteiger partial charge in [0.25, 0.3) is 15.9 Å². The summed E-state index contributed by atoms with van der Waals surface area (Å²) in [6.07, 6.45) is 0.971. The fourth-order valence-electron chi connectivity index (χ4n) is 2.92. The van der Waals surface area contributed by atoms with E-state index in [1.54, 1.807) is 13.0 Å². The number of hydrazone groups is 1. The number of phenols is 1. The van der Waals surface area contributed by atoms with Crippen LogP contribution in [0.15, 0.2) is 70.7 Å². The van der Waals surface area contributed by atoms with Gasteiger partial charge in [-0.1, -0.05) is 23.7 Å². The van der Waals surface area contributed by atoms with Gasteiger partial charge in [-0.25, -0.2) is 13.8 Å². The highest BCUT2D eigenvalue weighted by molar-refractivity contribution is 7.92. The lowest BCUT2D eigenvalue weighted by atomic mass is 10.2. The molecule has 0 aromatic heterocycles. The van der Waals surface area contributed by atoms with Gasteiger partial charge in [-0.2, -0.15) is 5.10 Å². The summed E-state index contributed by atoms with van der Waals surface area (Å²) in [4.78, 5) is 22.8. The summed E-state index contributed by atoms with van der Waals surface area (Å²) in [5, 5.41) is 24.7. The first-order valence-electron chi connectivity index (χ1n) is 9.97. The molecule has 182 valence electrons. The second-order valence-electron chi connectivity index (χ2n) is 6.87. The van der Waals surface area contributed by atoms with Gasteiger partial charge in [-0.05, 0) is 49.4 Å². The van der Waals surface area contributed by atoms with Crippen molar-refractivity contribution in [1.82, 2.24) is 5.43 Å². The van der Waals surface area contributed by atoms with Crippen LogP contribution < -0.4 is 14.9 Å². The molecule has 0 radical (unpaired) electrons. The number of ether oxygens (including phenoxy) is 1. The fourth-order valence-corrected chi connectivity index (χ4v) is 4.22. The number of sulfonamides is 1. The molecule has 0 atom stereocenters. The number of halogens is 1. The molecule has 0 aliphatic heterocycles. The largest absolute Gasteiger partial charge is 0.502 e. The van der Waals surface area contributed by atoms with E-state index in [4.69, 9.17) is 16.3 Å². The Hall–Kier alpha value is -4.16. The molecule has 1 amide bonds. The summed E-state index contributed by atoms with van der Waals surface area (Å²) in [6.45, 7) is 2.24. The van der Waals surface area contributed by atoms with Crippen LogP contribution >= 0.6 is 11.6 Å². The molecule has 0 fully saturated rings. The van der Waals surface area contributed by atoms with Crippen molar-refractivity contribution in [3.8, 4) is 11.5 Å². The van der Waals surface area contributed by atoms with Crippen LogP contribution in [0.2, 0.25) is 5.02 Å². The Morgan fingerprint density at radius 2 is 1.89 bits per heavy atom. The average Bonchev–Trinajstić information content (AvgIpc) is 2.81. The molecule has 11 nitrogen and oxygen atoms in total. The van der Waals surface area contributed by atoms with Crippen LogP contribution in [0.4, 0.5) is 11.4 Å². The normalized spacial score (nSPS) is 11.3. The third-order valence-corrected chi connectivity index (χ3v) is 6.11. The number of anilines is 1. The Labute approximate surface area is 205 Å². The highest BCUT2D eigenvalue weighted by Crippen LogP contribution is 2.32. The minimum Gasteiger partial charge on any atom is -0.502 e. The number of rotatable bonds is 9. The Kier molecular flexibility index (Phi) is 7.89. The maximum Gasteiger partial charge on any atom is 0.312 e. The van der Waals surface area contributed by atoms with E-state index in [2.05, 4.69) is 15.2 Å². The first-order valence-corrected chi connectivity index (χ1v) is 11.8. The predicted octanol–water partition coefficient (Wildman–Crippen LogP) is 3.92. The Bertz CT molecular complexity index is 1390. The molecule has 35 heavy (non-hydrogen) atoms. The second-order valence-corrected chi connectivity index (χ2v) is 8.99. The number of nitro benzene ring substituents is 1. The first kappa shape index (κ1) is 25.5. The minimum absolute atomic E-state index is 0.00433. The number of phenolic OH excluding ortho intramolecular Hbond substituents is 1. The van der Waals surface area contributed by atoms with Crippen molar-refractivity contribution in [2.75, 3.05) is 11.3 Å². The van der Waals surface area contributed by atoms with Crippen molar-refractivity contribution in [2.45, 2.75) is 11.8 Å². The Balaban J connectivity index is 1.79. The quantitative estimate of drug-likeness (QED) is 0.220. The third-order valence-electron chi connectivity index (χ3n) is 4.51. The van der Waals surface area contributed by atoms with Crippen LogP contribution in [0.25, 0.3) is 0 Å². The van der Waals surface area contributed by atoms with Gasteiger partial charge >= 0.3 is 5.69 Å². The van der Waals surface area contributed by atoms with E-state index in [1.807, 2.05) is 0 Å². The number of benzene rings is 3. The van der Waals surface area contributed by atoms with Gasteiger partial charge in [0, 0.05) is 16.7 Å². The van der Waals surface area contributed by atoms with Gasteiger partial charge in [0.2, 0.25) is 5.75 Å². The summed E-state index contributed by atoms with van der Waals surface area (Å²) < 4.78 is 33.3. The van der Waals surface area contributed by atoms with Gasteiger partial charge in [-0.3, -0.25) is 19.6 Å². The molecule has 3 rings (SSSR count). The summed E-state index contributed by atoms with van der Waals surface area (Å²) in [7, 11) is -4.02. The maximum absolute atomic E-state index is 12.8. The molecular weight excluding hydrogens is 500 g/mol. The highest BCUT2D eigenvalue weighted by atomic mass is 35.5. The number of carbonyl (C=O) groups excluding carboxylic acids is 1. The summed E-state index contributed by atoms with van der Waals surface area (Å²) in [5.41, 5.74) is 1.41. The molecule has 0 unspecified atom stereocenters. The molecule has 0 aliphatic carbocycles. The predicted molar refractivity (Wildman–Crippen MR) is 130 cm³/mol. The van der Waals surface area contributed by atoms with E-state index in [0.717, 1.165) is 12.3 Å². The van der Waals surface area contributed by atoms with Crippen LogP contribution in [-0.4, -0.2) is 37.2 Å². The topological polar surface area (TPSA) is 160 Å². The number of hydrogen-bond donors (Lipinski definition) is 3. The molecule has 0 spiro atoms. The lowest BCUT2D eigenvalue weighted by Crippen LogP contribution is -2.21. The number of hydrogen-bond acceptors (Lipinski definition) is 8. The van der Waals surface area contributed by atoms with Crippen LogP contribution in [0.3, 0.4) is 0 Å². The monoisotopic (exact) mass is 518 g/mol. The number of nitrogens with one attached hydrogen (secondary N) is 2. The maximum atomic E-state index is 12.8. The molecule has 0 aliphatic rings. The number of amides is 1. The SMILES string of the molecule is CCOc1ccc(S(=O)(=O)Nc2ccccc2C(=O)NN=Cc2cc(Cl)cc([N+](=O)[O-])c2O)cc1. The number of nitrogens with zero attached hydrogens (tertiary/aromatic N) is 2. The minimum atomic E-state index is -4.02. The molecular formula is C22H19ClN4O7S. The third kappa shape index (κ3) is 6.25. The van der Waals surface area contributed by atoms with Gasteiger partial charge in [0.15, 0.2) is 0 Å². The number of para-hydroxylation sites is 1. The van der Waals surface area contributed by atoms with E-state index in [9.17, 15) is 28.4 Å². The van der Waals surface area contributed by atoms with E-state index < -0.39 is 32.3 Å². The lowest BCUT2D eigenvalue weighted by molar-refractivity contribution is -0.385. The summed E-state index contributed by atoms with van der Waals surface area (Å²) >= 11 is 5.82. The van der Waals surface area contributed by atoms with Crippen molar-refractivity contribution in [1.29, 1.82) is 0 Å². The zero-order chi connectivity index (χ0) is 25.6. The van der Waals surface area contributed by atoms with E-state index in [0.29, 0.717) is 12.4 Å². The number of aromatic hydroxyl groups is 1. The summed E-state index contributed by atoms with van der Waals surface area (Å²) in [5.74, 6) is -0.941. The molecule has 3 N–H and O–H groups in total. The van der Waals surface area contributed by atoms with Gasteiger partial charge < -0.3 is 9.84 Å². The smallest absolute Gasteiger partial charge is 0.312 e. The lowest BCUT2D eigenvalue weighted by Gasteiger charge is -2.12. The van der Waals surface area contributed by atoms with Crippen molar-refractivity contribution in [3.63, 3.8) is 0 Å². The molecule has 3 aromatic carbocycles. The highest BCUT2D eigenvalue weighted by Gasteiger charge is 2.20. The summed E-state index contributed by atoms with van der Waals surface area (Å²) in [6, 6.07) is 13.8. The van der Waals surface area contributed by atoms with Gasteiger partial charge in [-0.15, -0.1) is 0 Å². The van der Waals surface area contributed by atoms with Crippen molar-refractivity contribution < 1.29 is 28.0 Å². The fraction of sp³-hybridized carbons (Fsp3) is 0.0909. The van der Waals surface area contributed by atoms with E-state index >= 15 is 0 Å². The zero-order valence-corrected chi connectivity index (χ0v) is 19.7. The van der Waals surface area contributed by atoms with Crippen LogP contribution in [0, 0.1) is 10.1 Å². The Morgan fingerprint density at radius 1 is 1.20 bits per heavy atom. The van der Waals surface area contributed by atoms with Crippen LogP contribution in [0.1, 0.15) is 22.8 Å². The number of carbonyl (C=O) groups is 1. The van der Waals surface area contributed by atoms with Gasteiger partial charge in [0.05, 0.1) is 33.9 Å². The zero-order valence-electron chi connectivity index (χ0n) is 18.1. The van der Waals surface area contributed by atoms with Crippen molar-refractivity contribution in [3.05, 3.63) is 86.9 Å². The van der Waals surface area contributed by atoms with E-state index in [1.165, 1.54) is 48.5 Å². The van der Waals surface area contributed by atoms with Gasteiger partial charge in [0.1, 0.15) is 5.75 Å². The molecule has 0 saturated carbocycles. The first-order chi connectivity index (χ1) is 16.6. The van der Waals surface area contributed by atoms with Crippen LogP contribution in [0.5, 0.6) is 11.5 Å². The molecule has 0 bridgehead atoms. The van der Waals surface area contributed by atoms with Crippen LogP contribution in [-0.2, 0) is 10.0 Å². The molecule has 0 saturated heterocycles. The standard InChI is InChI=1S/C22H19ClN4O7S/c1-2-34-16-7-9-17(10-8-16)35(32,33)26-19-6-4-3-5-18(19)22(29)25-24-13-14-11-15(23)12-20(21(14)28)27(30)31/h3-13,26,28H,2H2,1H3,(H,25,29). The van der Waals surface area contributed by atoms with Crippen molar-refractivity contribution >= 4 is 45.1 Å². The molecule has 0 heterocycles. The Morgan fingerprint density at radius 3 is 2.54 bits per heavy atom. The second kappa shape index (κ2) is 10.8. The van der Waals surface area contributed by atoms with Crippen molar-refractivity contribution in [2.24, 2.45) is 5.10 Å². The van der Waals surface area contributed by atoms with E-state index in [-0.39, 0.29) is 26.7 Å². The average molecular weight is 519 g/mol.